The third-order valence-corrected chi connectivity index (χ3v) is 27.9. The summed E-state index contributed by atoms with van der Waals surface area (Å²) in [5.41, 5.74) is 20.0. The van der Waals surface area contributed by atoms with Crippen molar-refractivity contribution in [2.24, 2.45) is 0 Å². The monoisotopic (exact) mass is 1820 g/mol. The van der Waals surface area contributed by atoms with Crippen molar-refractivity contribution in [2.75, 3.05) is 13.2 Å². The molecule has 2 fully saturated rings. The van der Waals surface area contributed by atoms with Gasteiger partial charge in [0.2, 0.25) is 5.28 Å². The second-order valence-corrected chi connectivity index (χ2v) is 37.1. The second kappa shape index (κ2) is 34.6. The zero-order valence-electron chi connectivity index (χ0n) is 76.4. The van der Waals surface area contributed by atoms with Crippen LogP contribution in [0.2, 0.25) is 5.28 Å². The van der Waals surface area contributed by atoms with Crippen LogP contribution in [-0.2, 0) is 14.0 Å². The summed E-state index contributed by atoms with van der Waals surface area (Å²) in [7, 11) is -0.498. The number of ether oxygens (including phenoxy) is 1. The Bertz CT molecular complexity index is 9330. The molecule has 0 radical (unpaired) electrons. The molecule has 2 aliphatic rings. The predicted octanol–water partition coefficient (Wildman–Crippen LogP) is 32.7. The van der Waals surface area contributed by atoms with E-state index < -0.39 is 18.3 Å². The van der Waals surface area contributed by atoms with E-state index in [9.17, 15) is 0 Å². The Morgan fingerprint density at radius 2 is 0.568 bits per heavy atom. The highest BCUT2D eigenvalue weighted by atomic mass is 35.5. The van der Waals surface area contributed by atoms with Gasteiger partial charge in [-0.25, -0.2) is 19.9 Å². The van der Waals surface area contributed by atoms with Gasteiger partial charge in [0, 0.05) is 95.2 Å². The quantitative estimate of drug-likeness (QED) is 0.0942. The first-order chi connectivity index (χ1) is 68.2. The summed E-state index contributed by atoms with van der Waals surface area (Å²) in [5.74, 6) is 2.78. The number of hydrogen-bond acceptors (Lipinski definition) is 13. The van der Waals surface area contributed by atoms with E-state index in [-0.39, 0.29) is 5.28 Å². The maximum Gasteiger partial charge on any atom is 0.495 e. The number of hydrogen-bond donors (Lipinski definition) is 0. The summed E-state index contributed by atoms with van der Waals surface area (Å²) >= 11 is 6.29. The fraction of sp³-hybridized carbons (Fsp3) is 0.0806. The van der Waals surface area contributed by atoms with Crippen LogP contribution in [0, 0.1) is 0 Å². The topological polar surface area (TPSA) is 158 Å². The van der Waals surface area contributed by atoms with Crippen molar-refractivity contribution in [3.8, 4) is 101 Å². The van der Waals surface area contributed by atoms with Crippen LogP contribution in [-0.4, -0.2) is 61.4 Å². The molecule has 20 aromatic carbocycles. The van der Waals surface area contributed by atoms with Gasteiger partial charge >= 0.3 is 7.12 Å². The molecule has 0 amide bonds. The standard InChI is InChI=1S/C57H33N3O2.C36H29BO3.C27H16ClN3O.C4H8O/c1-2-12-34(13-3-1)35-22-24-36(25-23-35)55-58-56(40-26-29-51-48(32-40)44-20-10-11-21-50(44)61-51)60-57(59-55)46-28-27-45(47-31-39-16-6-7-17-41(39)42-18-8-9-19-43(42)47)54-53(46)49-30-37-14-4-5-15-38(37)33-52(49)62-54;1-35(2)36(3,4)40-37(39-35)31-18-17-28(29-20-24-13-7-8-14-25(24)26-15-9-10-16-27(26)29)34-33(31)30-19-22-11-5-6-12-23(22)21-32(30)38-34;28-27-30-25(19-12-10-18(11-13-19)17-6-2-1-3-7-17)29-26(31-27)20-14-15-24-22(16-20)21-8-4-5-9-23(21)32-24;1-2-4-5-3-1/h1-33H;5-21H,1-4H3;1-16H;1-4H2. The summed E-state index contributed by atoms with van der Waals surface area (Å²) in [5, 5.41) is 22.6. The second-order valence-electron chi connectivity index (χ2n) is 36.7. The van der Waals surface area contributed by atoms with E-state index in [0.717, 1.165) is 200 Å². The van der Waals surface area contributed by atoms with Gasteiger partial charge in [0.05, 0.1) is 11.2 Å². The van der Waals surface area contributed by atoms with Crippen LogP contribution in [0.3, 0.4) is 0 Å². The van der Waals surface area contributed by atoms with Gasteiger partial charge in [0.25, 0.3) is 0 Å². The van der Waals surface area contributed by atoms with Crippen molar-refractivity contribution >= 4 is 177 Å². The van der Waals surface area contributed by atoms with Crippen molar-refractivity contribution in [1.82, 2.24) is 29.9 Å². The van der Waals surface area contributed by atoms with E-state index in [4.69, 9.17) is 63.3 Å². The van der Waals surface area contributed by atoms with Crippen LogP contribution in [0.1, 0.15) is 40.5 Å². The molecule has 2 saturated heterocycles. The van der Waals surface area contributed by atoms with Crippen LogP contribution in [0.15, 0.2) is 418 Å². The average molecular weight is 1820 g/mol. The van der Waals surface area contributed by atoms with Gasteiger partial charge in [-0.3, -0.25) is 0 Å². The Morgan fingerprint density at radius 1 is 0.230 bits per heavy atom. The molecule has 0 bridgehead atoms. The van der Waals surface area contributed by atoms with Gasteiger partial charge in [-0.1, -0.05) is 303 Å². The van der Waals surface area contributed by atoms with Crippen LogP contribution >= 0.6 is 11.6 Å². The molecule has 0 aliphatic carbocycles. The number of nitrogens with zero attached hydrogens (tertiary/aromatic N) is 6. The number of fused-ring (bicyclic) bond motifs is 20. The van der Waals surface area contributed by atoms with Gasteiger partial charge in [0.15, 0.2) is 29.1 Å². The maximum atomic E-state index is 7.05. The van der Waals surface area contributed by atoms with Gasteiger partial charge in [0.1, 0.15) is 44.7 Å². The lowest BCUT2D eigenvalue weighted by molar-refractivity contribution is 0.00578. The normalized spacial score (nSPS) is 13.5. The van der Waals surface area contributed by atoms with E-state index in [1.807, 2.05) is 109 Å². The molecule has 28 rings (SSSR count). The molecule has 0 saturated carbocycles. The molecule has 0 spiro atoms. The summed E-state index contributed by atoms with van der Waals surface area (Å²) in [4.78, 5) is 29.3. The zero-order valence-corrected chi connectivity index (χ0v) is 77.2. The van der Waals surface area contributed by atoms with Crippen molar-refractivity contribution in [1.29, 1.82) is 0 Å². The highest BCUT2D eigenvalue weighted by Gasteiger charge is 2.52. The lowest BCUT2D eigenvalue weighted by atomic mass is 9.75. The fourth-order valence-corrected chi connectivity index (χ4v) is 20.1. The summed E-state index contributed by atoms with van der Waals surface area (Å²) in [6, 6.07) is 139. The molecular weight excluding hydrogens is 1730 g/mol. The van der Waals surface area contributed by atoms with E-state index in [1.54, 1.807) is 0 Å². The van der Waals surface area contributed by atoms with Crippen LogP contribution in [0.5, 0.6) is 0 Å². The van der Waals surface area contributed by atoms with Gasteiger partial charge in [-0.15, -0.1) is 0 Å². The molecule has 6 aromatic heterocycles. The van der Waals surface area contributed by atoms with Gasteiger partial charge < -0.3 is 31.7 Å². The van der Waals surface area contributed by atoms with E-state index in [0.29, 0.717) is 29.1 Å². The molecule has 0 N–H and O–H groups in total. The van der Waals surface area contributed by atoms with Crippen molar-refractivity contribution < 1.29 is 31.7 Å². The third-order valence-electron chi connectivity index (χ3n) is 27.7. The molecule has 139 heavy (non-hydrogen) atoms. The van der Waals surface area contributed by atoms with Crippen LogP contribution in [0.4, 0.5) is 0 Å². The molecule has 26 aromatic rings. The molecule has 2 aliphatic heterocycles. The van der Waals surface area contributed by atoms with Crippen molar-refractivity contribution in [3.05, 3.63) is 406 Å². The molecule has 13 nitrogen and oxygen atoms in total. The number of furan rings is 4. The Kier molecular flexibility index (Phi) is 21.0. The number of rotatable bonds is 10. The predicted molar refractivity (Wildman–Crippen MR) is 570 cm³/mol. The van der Waals surface area contributed by atoms with E-state index in [2.05, 4.69) is 329 Å². The minimum Gasteiger partial charge on any atom is -0.456 e. The highest BCUT2D eigenvalue weighted by Crippen LogP contribution is 2.49. The Labute approximate surface area is 804 Å². The van der Waals surface area contributed by atoms with E-state index in [1.165, 1.54) is 55.9 Å². The van der Waals surface area contributed by atoms with Crippen molar-refractivity contribution in [3.63, 3.8) is 0 Å². The Morgan fingerprint density at radius 3 is 1.04 bits per heavy atom. The zero-order chi connectivity index (χ0) is 93.0. The molecule has 664 valence electrons. The molecule has 15 heteroatoms. The lowest BCUT2D eigenvalue weighted by Crippen LogP contribution is -2.41. The first kappa shape index (κ1) is 84.2. The lowest BCUT2D eigenvalue weighted by Gasteiger charge is -2.32. The number of benzene rings is 20. The summed E-state index contributed by atoms with van der Waals surface area (Å²) in [6.45, 7) is 10.4. The fourth-order valence-electron chi connectivity index (χ4n) is 20.0. The number of halogens is 1. The van der Waals surface area contributed by atoms with E-state index >= 15 is 0 Å². The molecular formula is C124H86BClN6O7. The maximum absolute atomic E-state index is 7.05. The third kappa shape index (κ3) is 15.4. The van der Waals surface area contributed by atoms with Crippen molar-refractivity contribution in [2.45, 2.75) is 51.7 Å². The minimum atomic E-state index is -0.498. The van der Waals surface area contributed by atoms with Gasteiger partial charge in [-0.2, -0.15) is 9.97 Å². The van der Waals surface area contributed by atoms with Crippen LogP contribution in [0.25, 0.3) is 254 Å². The minimum absolute atomic E-state index is 0.161. The molecule has 0 atom stereocenters. The number of para-hydroxylation sites is 2. The van der Waals surface area contributed by atoms with Crippen LogP contribution < -0.4 is 5.46 Å². The first-order valence-corrected chi connectivity index (χ1v) is 47.5. The Balaban J connectivity index is 0.000000114. The highest BCUT2D eigenvalue weighted by molar-refractivity contribution is 6.66. The largest absolute Gasteiger partial charge is 0.495 e. The summed E-state index contributed by atoms with van der Waals surface area (Å²) in [6.07, 6.45) is 2.56. The molecule has 8 heterocycles. The summed E-state index contributed by atoms with van der Waals surface area (Å²) < 4.78 is 44.1. The number of aromatic nitrogens is 6. The smallest absolute Gasteiger partial charge is 0.456 e. The molecule has 0 unspecified atom stereocenters. The average Bonchev–Trinajstić information content (AvgIpc) is 1.59. The first-order valence-electron chi connectivity index (χ1n) is 47.1. The Hall–Kier alpha value is -16.6. The SMILES string of the molecule is C1CCOC1.CC1(C)OB(c2ccc(-c3cc4ccccc4c4ccccc34)c3oc4cc5ccccc5cc4c23)OC1(C)C.Clc1nc(-c2ccc(-c3ccccc3)cc2)nc(-c2ccc3oc4ccccc4c3c2)n1.c1ccc(-c2ccc(-c3nc(-c4ccc5oc6ccccc6c5c4)nc(-c4ccc(-c5cc6ccccc6c6ccccc56)c5oc6cc7ccccc7cc6c45)n3)cc2)cc1. The van der Waals surface area contributed by atoms with Gasteiger partial charge in [-0.05, 0) is 253 Å².